The minimum Gasteiger partial charge on any atom is -0.506 e. The zero-order valence-corrected chi connectivity index (χ0v) is 28.9. The van der Waals surface area contributed by atoms with Crippen LogP contribution in [0.15, 0.2) is 54.6 Å². The Balaban J connectivity index is 1.48. The van der Waals surface area contributed by atoms with Gasteiger partial charge in [0, 0.05) is 78.5 Å². The summed E-state index contributed by atoms with van der Waals surface area (Å²) in [5.74, 6) is -5.21. The molecule has 3 aromatic rings. The third kappa shape index (κ3) is 9.57. The zero-order valence-electron chi connectivity index (χ0n) is 28.9. The Bertz CT molecular complexity index is 1550. The molecule has 8 bridgehead atoms. The van der Waals surface area contributed by atoms with Crippen LogP contribution in [-0.4, -0.2) is 139 Å². The standard InChI is InChI=1S/C36H42N8O9/c45-28-22-4-1-5-23(28)32(49)38-11-17-44-19-13-40-34(51)25-7-2-6-24(29(25)46)33(50)39-12-18-43(16-10-37-31(22)48)20-14-41-35(52)26-8-3-9-27(30(26)47)36(53)42-15-21-44/h1-9,45-47H,10-21H2,(H,37,48)(H,38,49)(H,39,50)(H,40,51)(H,41,52)(H,42,53). The van der Waals surface area contributed by atoms with Crippen LogP contribution >= 0.6 is 0 Å². The Labute approximate surface area is 304 Å². The van der Waals surface area contributed by atoms with Gasteiger partial charge >= 0.3 is 0 Å². The molecular formula is C36H42N8O9. The molecule has 3 aliphatic rings. The predicted octanol–water partition coefficient (Wildman–Crippen LogP) is -0.786. The van der Waals surface area contributed by atoms with Crippen molar-refractivity contribution in [3.05, 3.63) is 88.0 Å². The SMILES string of the molecule is O=C1NCCN2CCNC(=O)c3cccc(c3O)C(=O)NCCN(CCNC(=O)c3cccc1c3O)CCNC(=O)c1cccc(c1O)C(=O)NCC2. The molecule has 3 aromatic carbocycles. The van der Waals surface area contributed by atoms with Gasteiger partial charge in [-0.1, -0.05) is 18.2 Å². The Morgan fingerprint density at radius 2 is 0.509 bits per heavy atom. The van der Waals surface area contributed by atoms with E-state index in [1.165, 1.54) is 54.6 Å². The highest BCUT2D eigenvalue weighted by Gasteiger charge is 2.23. The number of phenolic OH excluding ortho intramolecular Hbond substituents is 3. The molecular weight excluding hydrogens is 688 g/mol. The molecule has 0 fully saturated rings. The predicted molar refractivity (Wildman–Crippen MR) is 191 cm³/mol. The molecule has 53 heavy (non-hydrogen) atoms. The Morgan fingerprint density at radius 3 is 0.679 bits per heavy atom. The topological polar surface area (TPSA) is 242 Å². The molecule has 0 radical (unpaired) electrons. The summed E-state index contributed by atoms with van der Waals surface area (Å²) in [5.41, 5.74) is -0.640. The molecule has 0 saturated heterocycles. The van der Waals surface area contributed by atoms with E-state index in [0.717, 1.165) is 0 Å². The van der Waals surface area contributed by atoms with E-state index in [1.807, 2.05) is 9.80 Å². The molecule has 0 unspecified atom stereocenters. The van der Waals surface area contributed by atoms with Crippen LogP contribution in [0.2, 0.25) is 0 Å². The minimum absolute atomic E-state index is 0.0717. The van der Waals surface area contributed by atoms with Gasteiger partial charge < -0.3 is 47.2 Å². The van der Waals surface area contributed by atoms with Gasteiger partial charge in [-0.15, -0.1) is 0 Å². The number of benzene rings is 3. The fraction of sp³-hybridized carbons (Fsp3) is 0.333. The first kappa shape index (κ1) is 38.0. The molecule has 6 rings (SSSR count). The van der Waals surface area contributed by atoms with E-state index in [0.29, 0.717) is 0 Å². The van der Waals surface area contributed by atoms with Gasteiger partial charge in [0.05, 0.1) is 33.4 Å². The second kappa shape index (κ2) is 17.8. The van der Waals surface area contributed by atoms with E-state index >= 15 is 0 Å². The van der Waals surface area contributed by atoms with Gasteiger partial charge in [-0.25, -0.2) is 0 Å². The number of carbonyl (C=O) groups excluding carboxylic acids is 6. The average Bonchev–Trinajstić information content (AvgIpc) is 3.13. The van der Waals surface area contributed by atoms with Crippen LogP contribution < -0.4 is 31.9 Å². The van der Waals surface area contributed by atoms with Gasteiger partial charge in [0.25, 0.3) is 35.4 Å². The summed E-state index contributed by atoms with van der Waals surface area (Å²) in [6.07, 6.45) is 0. The third-order valence-corrected chi connectivity index (χ3v) is 8.86. The molecule has 0 atom stereocenters. The highest BCUT2D eigenvalue weighted by atomic mass is 16.3. The van der Waals surface area contributed by atoms with Crippen molar-refractivity contribution in [2.24, 2.45) is 0 Å². The fourth-order valence-electron chi connectivity index (χ4n) is 5.94. The number of hydrogen-bond acceptors (Lipinski definition) is 11. The molecule has 17 nitrogen and oxygen atoms in total. The summed E-state index contributed by atoms with van der Waals surface area (Å²) in [5, 5.41) is 49.0. The van der Waals surface area contributed by atoms with Gasteiger partial charge in [0.1, 0.15) is 17.2 Å². The van der Waals surface area contributed by atoms with Gasteiger partial charge in [-0.2, -0.15) is 0 Å². The van der Waals surface area contributed by atoms with E-state index in [1.54, 1.807) is 0 Å². The number of fused-ring (bicyclic) bond motifs is 18. The van der Waals surface area contributed by atoms with E-state index in [4.69, 9.17) is 0 Å². The molecule has 3 heterocycles. The zero-order chi connectivity index (χ0) is 37.9. The number of amides is 6. The van der Waals surface area contributed by atoms with Crippen molar-refractivity contribution in [3.63, 3.8) is 0 Å². The number of nitrogens with zero attached hydrogens (tertiary/aromatic N) is 2. The molecule has 17 heteroatoms. The van der Waals surface area contributed by atoms with Crippen molar-refractivity contribution in [2.75, 3.05) is 78.5 Å². The lowest BCUT2D eigenvalue weighted by molar-refractivity contribution is 0.0932. The second-order valence-corrected chi connectivity index (χ2v) is 12.3. The van der Waals surface area contributed by atoms with Gasteiger partial charge in [0.15, 0.2) is 0 Å². The quantitative estimate of drug-likeness (QED) is 0.139. The number of hydrogen-bond donors (Lipinski definition) is 9. The van der Waals surface area contributed by atoms with Crippen LogP contribution in [0.25, 0.3) is 0 Å². The van der Waals surface area contributed by atoms with E-state index < -0.39 is 52.7 Å². The normalized spacial score (nSPS) is 20.2. The van der Waals surface area contributed by atoms with Crippen LogP contribution in [-0.2, 0) is 0 Å². The van der Waals surface area contributed by atoms with Crippen LogP contribution in [0.1, 0.15) is 62.1 Å². The number of nitrogens with one attached hydrogen (secondary N) is 6. The van der Waals surface area contributed by atoms with Gasteiger partial charge in [0.2, 0.25) is 0 Å². The van der Waals surface area contributed by atoms with E-state index in [9.17, 15) is 44.1 Å². The van der Waals surface area contributed by atoms with Crippen LogP contribution in [0.4, 0.5) is 0 Å². The van der Waals surface area contributed by atoms with Gasteiger partial charge in [-0.05, 0) is 36.4 Å². The van der Waals surface area contributed by atoms with Gasteiger partial charge in [-0.3, -0.25) is 38.6 Å². The van der Waals surface area contributed by atoms with Crippen molar-refractivity contribution in [1.29, 1.82) is 0 Å². The van der Waals surface area contributed by atoms with Crippen molar-refractivity contribution in [3.8, 4) is 17.2 Å². The maximum atomic E-state index is 13.1. The van der Waals surface area contributed by atoms with Crippen molar-refractivity contribution >= 4 is 35.4 Å². The Kier molecular flexibility index (Phi) is 12.8. The summed E-state index contributed by atoms with van der Waals surface area (Å²) in [6.45, 7) is 1.74. The number of aromatic hydroxyl groups is 3. The first-order valence-corrected chi connectivity index (χ1v) is 17.1. The Morgan fingerprint density at radius 1 is 0.340 bits per heavy atom. The fourth-order valence-corrected chi connectivity index (χ4v) is 5.94. The molecule has 9 N–H and O–H groups in total. The maximum Gasteiger partial charge on any atom is 0.255 e. The highest BCUT2D eigenvalue weighted by molar-refractivity contribution is 6.05. The van der Waals surface area contributed by atoms with Crippen molar-refractivity contribution in [2.45, 2.75) is 0 Å². The Hall–Kier alpha value is -6.20. The lowest BCUT2D eigenvalue weighted by Crippen LogP contribution is -2.43. The smallest absolute Gasteiger partial charge is 0.255 e. The summed E-state index contributed by atoms with van der Waals surface area (Å²) < 4.78 is 0. The largest absolute Gasteiger partial charge is 0.506 e. The summed E-state index contributed by atoms with van der Waals surface area (Å²) in [4.78, 5) is 82.3. The summed E-state index contributed by atoms with van der Waals surface area (Å²) in [7, 11) is 0. The minimum atomic E-state index is -0.622. The van der Waals surface area contributed by atoms with E-state index in [2.05, 4.69) is 31.9 Å². The van der Waals surface area contributed by atoms with Crippen LogP contribution in [0, 0.1) is 0 Å². The van der Waals surface area contributed by atoms with Crippen LogP contribution in [0.3, 0.4) is 0 Å². The van der Waals surface area contributed by atoms with E-state index in [-0.39, 0.29) is 112 Å². The van der Waals surface area contributed by atoms with Crippen molar-refractivity contribution in [1.82, 2.24) is 41.7 Å². The molecule has 6 amide bonds. The van der Waals surface area contributed by atoms with Crippen LogP contribution in [0.5, 0.6) is 17.2 Å². The molecule has 0 saturated carbocycles. The first-order chi connectivity index (χ1) is 25.5. The number of para-hydroxylation sites is 3. The average molecular weight is 731 g/mol. The number of rotatable bonds is 0. The lowest BCUT2D eigenvalue weighted by atomic mass is 10.1. The second-order valence-electron chi connectivity index (χ2n) is 12.3. The molecule has 0 aromatic heterocycles. The maximum absolute atomic E-state index is 13.1. The molecule has 3 aliphatic heterocycles. The highest BCUT2D eigenvalue weighted by Crippen LogP contribution is 2.24. The number of carbonyl (C=O) groups is 6. The lowest BCUT2D eigenvalue weighted by Gasteiger charge is -2.24. The summed E-state index contributed by atoms with van der Waals surface area (Å²) in [6, 6.07) is 12.8. The first-order valence-electron chi connectivity index (χ1n) is 17.1. The molecule has 0 spiro atoms. The third-order valence-electron chi connectivity index (χ3n) is 8.86. The number of phenols is 3. The molecule has 0 aliphatic carbocycles. The molecule has 280 valence electrons. The van der Waals surface area contributed by atoms with Crippen molar-refractivity contribution < 1.29 is 44.1 Å². The monoisotopic (exact) mass is 730 g/mol. The summed E-state index contributed by atoms with van der Waals surface area (Å²) >= 11 is 0.